The van der Waals surface area contributed by atoms with E-state index in [4.69, 9.17) is 4.74 Å². The number of rotatable bonds is 8. The van der Waals surface area contributed by atoms with E-state index in [1.807, 2.05) is 7.11 Å². The van der Waals surface area contributed by atoms with E-state index in [1.54, 1.807) is 0 Å². The van der Waals surface area contributed by atoms with Gasteiger partial charge in [0.15, 0.2) is 0 Å². The van der Waals surface area contributed by atoms with Gasteiger partial charge in [-0.3, -0.25) is 4.90 Å². The first-order valence-electron chi connectivity index (χ1n) is 8.34. The van der Waals surface area contributed by atoms with Crippen molar-refractivity contribution in [2.24, 2.45) is 0 Å². The Balaban J connectivity index is 1.97. The lowest BCUT2D eigenvalue weighted by Crippen LogP contribution is -2.34. The molecule has 1 aliphatic heterocycles. The van der Waals surface area contributed by atoms with Gasteiger partial charge in [-0.2, -0.15) is 0 Å². The van der Waals surface area contributed by atoms with E-state index >= 15 is 0 Å². The number of likely N-dealkylation sites (tertiary alicyclic amines) is 1. The van der Waals surface area contributed by atoms with E-state index in [1.165, 1.54) is 24.0 Å². The molecule has 3 nitrogen and oxygen atoms in total. The van der Waals surface area contributed by atoms with E-state index in [2.05, 4.69) is 48.3 Å². The first-order chi connectivity index (χ1) is 10.3. The molecule has 1 N–H and O–H groups in total. The molecular formula is C18H30N2O. The highest BCUT2D eigenvalue weighted by atomic mass is 16.5. The van der Waals surface area contributed by atoms with E-state index in [0.717, 1.165) is 32.6 Å². The molecule has 1 aliphatic rings. The number of nitrogens with zero attached hydrogens (tertiary/aromatic N) is 1. The number of ether oxygens (including phenoxy) is 1. The fourth-order valence-electron chi connectivity index (χ4n) is 3.15. The summed E-state index contributed by atoms with van der Waals surface area (Å²) in [5.41, 5.74) is 2.84. The van der Waals surface area contributed by atoms with E-state index in [0.29, 0.717) is 12.1 Å². The van der Waals surface area contributed by atoms with Gasteiger partial charge in [-0.1, -0.05) is 44.5 Å². The highest BCUT2D eigenvalue weighted by molar-refractivity contribution is 5.25. The number of benzene rings is 1. The molecule has 0 spiro atoms. The third-order valence-corrected chi connectivity index (χ3v) is 4.37. The Bertz CT molecular complexity index is 404. The third-order valence-electron chi connectivity index (χ3n) is 4.37. The summed E-state index contributed by atoms with van der Waals surface area (Å²) in [6.07, 6.45) is 3.96. The maximum Gasteiger partial charge on any atom is 0.0710 e. The Morgan fingerprint density at radius 1 is 1.29 bits per heavy atom. The van der Waals surface area contributed by atoms with Gasteiger partial charge in [-0.25, -0.2) is 0 Å². The Labute approximate surface area is 129 Å². The highest BCUT2D eigenvalue weighted by Crippen LogP contribution is 2.20. The molecule has 2 unspecified atom stereocenters. The smallest absolute Gasteiger partial charge is 0.0710 e. The van der Waals surface area contributed by atoms with Crippen molar-refractivity contribution in [3.8, 4) is 0 Å². The molecule has 118 valence electrons. The molecule has 0 saturated carbocycles. The van der Waals surface area contributed by atoms with Crippen LogP contribution < -0.4 is 5.32 Å². The average Bonchev–Trinajstić information content (AvgIpc) is 2.96. The monoisotopic (exact) mass is 290 g/mol. The minimum atomic E-state index is 0.416. The largest absolute Gasteiger partial charge is 0.380 e. The van der Waals surface area contributed by atoms with E-state index < -0.39 is 0 Å². The van der Waals surface area contributed by atoms with Gasteiger partial charge in [0.25, 0.3) is 0 Å². The molecule has 21 heavy (non-hydrogen) atoms. The molecule has 1 aromatic carbocycles. The van der Waals surface area contributed by atoms with Crippen molar-refractivity contribution in [3.05, 3.63) is 35.4 Å². The molecule has 0 bridgehead atoms. The first kappa shape index (κ1) is 16.5. The zero-order chi connectivity index (χ0) is 15.1. The molecule has 3 heteroatoms. The fourth-order valence-corrected chi connectivity index (χ4v) is 3.15. The second-order valence-corrected chi connectivity index (χ2v) is 6.01. The standard InChI is InChI=1S/C18H30N2O/c1-4-6-15-7-9-16(10-8-15)18(19-5-2)14-20-12-11-17(13-20)21-3/h7-10,17-19H,4-6,11-14H2,1-3H3. The first-order valence-corrected chi connectivity index (χ1v) is 8.34. The summed E-state index contributed by atoms with van der Waals surface area (Å²) in [6, 6.07) is 9.57. The Kier molecular flexibility index (Phi) is 6.68. The Hall–Kier alpha value is -0.900. The quantitative estimate of drug-likeness (QED) is 0.796. The second-order valence-electron chi connectivity index (χ2n) is 6.01. The zero-order valence-corrected chi connectivity index (χ0v) is 13.8. The molecule has 2 rings (SSSR count). The van der Waals surface area contributed by atoms with Crippen LogP contribution in [0.3, 0.4) is 0 Å². The van der Waals surface area contributed by atoms with Crippen LogP contribution in [0.2, 0.25) is 0 Å². The maximum absolute atomic E-state index is 5.47. The van der Waals surface area contributed by atoms with Gasteiger partial charge in [0, 0.05) is 32.8 Å². The van der Waals surface area contributed by atoms with Gasteiger partial charge in [-0.15, -0.1) is 0 Å². The predicted molar refractivity (Wildman–Crippen MR) is 88.7 cm³/mol. The molecule has 1 heterocycles. The van der Waals surface area contributed by atoms with E-state index in [-0.39, 0.29) is 0 Å². The maximum atomic E-state index is 5.47. The summed E-state index contributed by atoms with van der Waals surface area (Å²) < 4.78 is 5.47. The summed E-state index contributed by atoms with van der Waals surface area (Å²) in [4.78, 5) is 2.52. The Morgan fingerprint density at radius 2 is 2.05 bits per heavy atom. The van der Waals surface area contributed by atoms with Gasteiger partial charge in [-0.05, 0) is 30.5 Å². The van der Waals surface area contributed by atoms with Crippen LogP contribution in [0.4, 0.5) is 0 Å². The van der Waals surface area contributed by atoms with Crippen LogP contribution in [0.5, 0.6) is 0 Å². The molecular weight excluding hydrogens is 260 g/mol. The van der Waals surface area contributed by atoms with Crippen molar-refractivity contribution >= 4 is 0 Å². The number of nitrogens with one attached hydrogen (secondary N) is 1. The van der Waals surface area contributed by atoms with Gasteiger partial charge in [0.1, 0.15) is 0 Å². The number of hydrogen-bond acceptors (Lipinski definition) is 3. The van der Waals surface area contributed by atoms with Crippen molar-refractivity contribution in [1.82, 2.24) is 10.2 Å². The molecule has 0 radical (unpaired) electrons. The van der Waals surface area contributed by atoms with Crippen LogP contribution in [0.15, 0.2) is 24.3 Å². The van der Waals surface area contributed by atoms with Gasteiger partial charge >= 0.3 is 0 Å². The molecule has 1 saturated heterocycles. The fraction of sp³-hybridized carbons (Fsp3) is 0.667. The van der Waals surface area contributed by atoms with Gasteiger partial charge < -0.3 is 10.1 Å². The molecule has 1 fully saturated rings. The number of methoxy groups -OCH3 is 1. The number of likely N-dealkylation sites (N-methyl/N-ethyl adjacent to an activating group) is 1. The lowest BCUT2D eigenvalue weighted by molar-refractivity contribution is 0.107. The normalized spacial score (nSPS) is 20.8. The molecule has 1 aromatic rings. The lowest BCUT2D eigenvalue weighted by atomic mass is 10.0. The molecule has 0 aliphatic carbocycles. The van der Waals surface area contributed by atoms with Crippen LogP contribution in [0, 0.1) is 0 Å². The average molecular weight is 290 g/mol. The van der Waals surface area contributed by atoms with Crippen molar-refractivity contribution in [3.63, 3.8) is 0 Å². The van der Waals surface area contributed by atoms with Crippen LogP contribution in [-0.4, -0.2) is 44.3 Å². The summed E-state index contributed by atoms with van der Waals surface area (Å²) in [6.45, 7) is 8.69. The molecule has 0 aromatic heterocycles. The summed E-state index contributed by atoms with van der Waals surface area (Å²) in [7, 11) is 1.82. The van der Waals surface area contributed by atoms with Crippen molar-refractivity contribution in [2.45, 2.75) is 45.3 Å². The van der Waals surface area contributed by atoms with Crippen LogP contribution in [-0.2, 0) is 11.2 Å². The van der Waals surface area contributed by atoms with Crippen LogP contribution in [0.1, 0.15) is 43.9 Å². The Morgan fingerprint density at radius 3 is 2.62 bits per heavy atom. The third kappa shape index (κ3) is 4.80. The van der Waals surface area contributed by atoms with Gasteiger partial charge in [0.05, 0.1) is 6.10 Å². The molecule has 0 amide bonds. The summed E-state index contributed by atoms with van der Waals surface area (Å²) in [5.74, 6) is 0. The zero-order valence-electron chi connectivity index (χ0n) is 13.8. The highest BCUT2D eigenvalue weighted by Gasteiger charge is 2.24. The number of aryl methyl sites for hydroxylation is 1. The minimum absolute atomic E-state index is 0.416. The predicted octanol–water partition coefficient (Wildman–Crippen LogP) is 3.01. The van der Waals surface area contributed by atoms with Crippen molar-refractivity contribution in [2.75, 3.05) is 33.3 Å². The lowest BCUT2D eigenvalue weighted by Gasteiger charge is -2.25. The van der Waals surface area contributed by atoms with Gasteiger partial charge in [0.2, 0.25) is 0 Å². The molecule has 2 atom stereocenters. The van der Waals surface area contributed by atoms with E-state index in [9.17, 15) is 0 Å². The SMILES string of the molecule is CCCc1ccc(C(CN2CCC(OC)C2)NCC)cc1. The van der Waals surface area contributed by atoms with Crippen LogP contribution >= 0.6 is 0 Å². The number of hydrogen-bond donors (Lipinski definition) is 1. The second kappa shape index (κ2) is 8.52. The minimum Gasteiger partial charge on any atom is -0.380 e. The van der Waals surface area contributed by atoms with Crippen molar-refractivity contribution in [1.29, 1.82) is 0 Å². The van der Waals surface area contributed by atoms with Crippen molar-refractivity contribution < 1.29 is 4.74 Å². The summed E-state index contributed by atoms with van der Waals surface area (Å²) >= 11 is 0. The van der Waals surface area contributed by atoms with Crippen LogP contribution in [0.25, 0.3) is 0 Å². The topological polar surface area (TPSA) is 24.5 Å². The summed E-state index contributed by atoms with van der Waals surface area (Å²) in [5, 5.41) is 3.63.